The number of Topliss-reactive ketones (excluding diaryl/α,β-unsaturated/α-hetero) is 1. The highest BCUT2D eigenvalue weighted by molar-refractivity contribution is 6.74. The number of ketones is 1. The first-order valence-electron chi connectivity index (χ1n) is 6.34. The molecule has 0 radical (unpaired) electrons. The molecule has 0 fully saturated rings. The first-order chi connectivity index (χ1) is 8.01. The number of nitrogens with zero attached hydrogens (tertiary/aromatic N) is 1. The zero-order valence-electron chi connectivity index (χ0n) is 12.3. The SMILES string of the molecule is CC1(O[Si](C)(C)C(C)(C)C)CC=C(C#N)C(=O)C1. The van der Waals surface area contributed by atoms with Crippen molar-refractivity contribution in [1.82, 2.24) is 0 Å². The lowest BCUT2D eigenvalue weighted by molar-refractivity contribution is -0.119. The van der Waals surface area contributed by atoms with E-state index in [1.54, 1.807) is 6.08 Å². The molecule has 1 aliphatic carbocycles. The summed E-state index contributed by atoms with van der Waals surface area (Å²) in [5.41, 5.74) is -0.160. The number of rotatable bonds is 2. The number of hydrogen-bond donors (Lipinski definition) is 0. The summed E-state index contributed by atoms with van der Waals surface area (Å²) in [6.07, 6.45) is 2.69. The van der Waals surface area contributed by atoms with E-state index in [1.807, 2.05) is 13.0 Å². The van der Waals surface area contributed by atoms with Crippen molar-refractivity contribution in [2.45, 2.75) is 64.3 Å². The summed E-state index contributed by atoms with van der Waals surface area (Å²) in [5, 5.41) is 8.95. The molecule has 0 saturated carbocycles. The van der Waals surface area contributed by atoms with E-state index in [9.17, 15) is 4.79 Å². The second-order valence-electron chi connectivity index (χ2n) is 6.85. The van der Waals surface area contributed by atoms with E-state index in [-0.39, 0.29) is 16.4 Å². The van der Waals surface area contributed by atoms with Gasteiger partial charge in [0.15, 0.2) is 14.1 Å². The maximum absolute atomic E-state index is 11.8. The Hall–Kier alpha value is -0.923. The van der Waals surface area contributed by atoms with E-state index in [0.717, 1.165) is 0 Å². The lowest BCUT2D eigenvalue weighted by Gasteiger charge is -2.44. The molecule has 0 amide bonds. The van der Waals surface area contributed by atoms with Crippen LogP contribution in [-0.4, -0.2) is 19.7 Å². The molecule has 0 aromatic rings. The van der Waals surface area contributed by atoms with E-state index < -0.39 is 13.9 Å². The number of nitriles is 1. The van der Waals surface area contributed by atoms with Crippen molar-refractivity contribution < 1.29 is 9.22 Å². The Bertz CT molecular complexity index is 426. The number of hydrogen-bond acceptors (Lipinski definition) is 3. The van der Waals surface area contributed by atoms with Crippen LogP contribution in [0.15, 0.2) is 11.6 Å². The Kier molecular flexibility index (Phi) is 3.90. The third-order valence-corrected chi connectivity index (χ3v) is 8.62. The van der Waals surface area contributed by atoms with Gasteiger partial charge in [-0.25, -0.2) is 0 Å². The van der Waals surface area contributed by atoms with Crippen molar-refractivity contribution >= 4 is 14.1 Å². The molecule has 1 aliphatic rings. The van der Waals surface area contributed by atoms with Crippen LogP contribution in [-0.2, 0) is 9.22 Å². The third-order valence-electron chi connectivity index (χ3n) is 4.00. The summed E-state index contributed by atoms with van der Waals surface area (Å²) >= 11 is 0. The van der Waals surface area contributed by atoms with Crippen LogP contribution in [0.4, 0.5) is 0 Å². The molecule has 4 heteroatoms. The maximum atomic E-state index is 11.8. The average molecular weight is 265 g/mol. The minimum atomic E-state index is -1.89. The summed E-state index contributed by atoms with van der Waals surface area (Å²) in [6, 6.07) is 1.95. The number of allylic oxidation sites excluding steroid dienone is 1. The van der Waals surface area contributed by atoms with Gasteiger partial charge in [0.2, 0.25) is 0 Å². The molecule has 0 saturated heterocycles. The second kappa shape index (κ2) is 4.64. The van der Waals surface area contributed by atoms with E-state index in [0.29, 0.717) is 12.8 Å². The van der Waals surface area contributed by atoms with Crippen molar-refractivity contribution in [3.8, 4) is 6.07 Å². The Morgan fingerprint density at radius 1 is 1.44 bits per heavy atom. The molecule has 1 rings (SSSR count). The minimum absolute atomic E-state index is 0.0926. The largest absolute Gasteiger partial charge is 0.411 e. The van der Waals surface area contributed by atoms with Crippen molar-refractivity contribution in [2.24, 2.45) is 0 Å². The van der Waals surface area contributed by atoms with Gasteiger partial charge in [-0.05, 0) is 31.5 Å². The monoisotopic (exact) mass is 265 g/mol. The van der Waals surface area contributed by atoms with Gasteiger partial charge < -0.3 is 4.43 Å². The van der Waals surface area contributed by atoms with Gasteiger partial charge in [0.05, 0.1) is 11.2 Å². The Labute approximate surface area is 111 Å². The van der Waals surface area contributed by atoms with Crippen LogP contribution in [0.25, 0.3) is 0 Å². The van der Waals surface area contributed by atoms with Crippen molar-refractivity contribution in [3.05, 3.63) is 11.6 Å². The van der Waals surface area contributed by atoms with Crippen LogP contribution < -0.4 is 0 Å². The molecule has 100 valence electrons. The second-order valence-corrected chi connectivity index (χ2v) is 11.6. The standard InChI is InChI=1S/C14H23NO2Si/c1-13(2,3)18(5,6)17-14(4)8-7-11(10-15)12(16)9-14/h7H,8-9H2,1-6H3. The first kappa shape index (κ1) is 15.1. The van der Waals surface area contributed by atoms with E-state index >= 15 is 0 Å². The summed E-state index contributed by atoms with van der Waals surface area (Å²) in [5.74, 6) is -0.0926. The fraction of sp³-hybridized carbons (Fsp3) is 0.714. The third kappa shape index (κ3) is 3.09. The average Bonchev–Trinajstić information content (AvgIpc) is 2.14. The van der Waals surface area contributed by atoms with Gasteiger partial charge in [-0.15, -0.1) is 0 Å². The van der Waals surface area contributed by atoms with E-state index in [4.69, 9.17) is 9.69 Å². The molecular weight excluding hydrogens is 242 g/mol. The van der Waals surface area contributed by atoms with Crippen LogP contribution in [0.3, 0.4) is 0 Å². The van der Waals surface area contributed by atoms with E-state index in [1.165, 1.54) is 0 Å². The predicted octanol–water partition coefficient (Wildman–Crippen LogP) is 3.58. The van der Waals surface area contributed by atoms with Crippen LogP contribution in [0, 0.1) is 11.3 Å². The van der Waals surface area contributed by atoms with Crippen LogP contribution in [0.2, 0.25) is 18.1 Å². The normalized spacial score (nSPS) is 25.6. The summed E-state index contributed by atoms with van der Waals surface area (Å²) in [4.78, 5) is 11.8. The summed E-state index contributed by atoms with van der Waals surface area (Å²) in [7, 11) is -1.89. The predicted molar refractivity (Wildman–Crippen MR) is 74.6 cm³/mol. The zero-order chi connectivity index (χ0) is 14.2. The smallest absolute Gasteiger partial charge is 0.192 e. The molecule has 3 nitrogen and oxygen atoms in total. The first-order valence-corrected chi connectivity index (χ1v) is 9.25. The van der Waals surface area contributed by atoms with Crippen molar-refractivity contribution in [3.63, 3.8) is 0 Å². The van der Waals surface area contributed by atoms with Gasteiger partial charge in [0.25, 0.3) is 0 Å². The fourth-order valence-electron chi connectivity index (χ4n) is 1.89. The van der Waals surface area contributed by atoms with Gasteiger partial charge in [-0.2, -0.15) is 5.26 Å². The highest BCUT2D eigenvalue weighted by Crippen LogP contribution is 2.41. The topological polar surface area (TPSA) is 50.1 Å². The minimum Gasteiger partial charge on any atom is -0.411 e. The quantitative estimate of drug-likeness (QED) is 0.717. The molecule has 0 aliphatic heterocycles. The molecule has 0 aromatic carbocycles. The molecule has 1 unspecified atom stereocenters. The fourth-order valence-corrected chi connectivity index (χ4v) is 3.59. The van der Waals surface area contributed by atoms with Gasteiger partial charge in [-0.3, -0.25) is 4.79 Å². The Morgan fingerprint density at radius 2 is 2.00 bits per heavy atom. The van der Waals surface area contributed by atoms with Gasteiger partial charge >= 0.3 is 0 Å². The van der Waals surface area contributed by atoms with Crippen LogP contribution in [0.1, 0.15) is 40.5 Å². The van der Waals surface area contributed by atoms with Gasteiger partial charge in [-0.1, -0.05) is 26.8 Å². The Balaban J connectivity index is 2.90. The van der Waals surface area contributed by atoms with Crippen LogP contribution in [0.5, 0.6) is 0 Å². The van der Waals surface area contributed by atoms with Gasteiger partial charge in [0, 0.05) is 6.42 Å². The highest BCUT2D eigenvalue weighted by Gasteiger charge is 2.44. The van der Waals surface area contributed by atoms with E-state index in [2.05, 4.69) is 33.9 Å². The van der Waals surface area contributed by atoms with Gasteiger partial charge in [0.1, 0.15) is 6.07 Å². The molecule has 0 aromatic heterocycles. The lowest BCUT2D eigenvalue weighted by Crippen LogP contribution is -2.50. The number of carbonyl (C=O) groups is 1. The molecular formula is C14H23NO2Si. The lowest BCUT2D eigenvalue weighted by atomic mass is 9.87. The zero-order valence-corrected chi connectivity index (χ0v) is 13.3. The highest BCUT2D eigenvalue weighted by atomic mass is 28.4. The molecule has 1 atom stereocenters. The Morgan fingerprint density at radius 3 is 2.39 bits per heavy atom. The number of carbonyl (C=O) groups excluding carboxylic acids is 1. The molecule has 0 heterocycles. The molecule has 18 heavy (non-hydrogen) atoms. The molecule has 0 spiro atoms. The molecule has 0 N–H and O–H groups in total. The van der Waals surface area contributed by atoms with Crippen molar-refractivity contribution in [2.75, 3.05) is 0 Å². The maximum Gasteiger partial charge on any atom is 0.192 e. The van der Waals surface area contributed by atoms with Crippen molar-refractivity contribution in [1.29, 1.82) is 5.26 Å². The molecule has 0 bridgehead atoms. The summed E-state index contributed by atoms with van der Waals surface area (Å²) in [6.45, 7) is 12.9. The van der Waals surface area contributed by atoms with Crippen LogP contribution >= 0.6 is 0 Å². The summed E-state index contributed by atoms with van der Waals surface area (Å²) < 4.78 is 6.36.